The maximum Gasteiger partial charge on any atom is 0.159 e. The SMILES string of the molecule is CC(C)c1ccccc1N(c1ccc2cc3c(cc2c1)-c1cc2ccc(-c4ccc(C(C)(C)C)cc4)cc2cc1-3)c1cccc2c1oc1ccccc12. The number of benzene rings is 8. The standard InChI is InChI=1S/C51H41NO/c1-31(2)40-11-6-8-14-47(40)52(48-15-10-13-42-41-12-7-9-16-49(41)53-50(42)48)39-24-21-35-28-44-45-29-36-25-33(32-19-22-38(23-20-32)51(3,4)5)17-18-34(36)27-43(45)46(44)30-37(35)26-39/h6-31H,1-5H3. The molecule has 2 heteroatoms. The van der Waals surface area contributed by atoms with Gasteiger partial charge in [0, 0.05) is 22.1 Å². The van der Waals surface area contributed by atoms with Crippen LogP contribution in [0.5, 0.6) is 0 Å². The van der Waals surface area contributed by atoms with E-state index in [0.29, 0.717) is 5.92 Å². The molecule has 0 saturated carbocycles. The van der Waals surface area contributed by atoms with Gasteiger partial charge in [0.15, 0.2) is 5.58 Å². The van der Waals surface area contributed by atoms with Crippen LogP contribution in [0.1, 0.15) is 51.7 Å². The molecule has 1 aliphatic rings. The third-order valence-corrected chi connectivity index (χ3v) is 11.3. The third kappa shape index (κ3) is 5.08. The number of hydrogen-bond donors (Lipinski definition) is 0. The van der Waals surface area contributed by atoms with Gasteiger partial charge in [0.25, 0.3) is 0 Å². The van der Waals surface area contributed by atoms with Gasteiger partial charge in [0.1, 0.15) is 5.58 Å². The lowest BCUT2D eigenvalue weighted by molar-refractivity contribution is 0.590. The van der Waals surface area contributed by atoms with E-state index in [1.54, 1.807) is 0 Å². The summed E-state index contributed by atoms with van der Waals surface area (Å²) in [5.74, 6) is 0.347. The summed E-state index contributed by atoms with van der Waals surface area (Å²) in [6.07, 6.45) is 0. The summed E-state index contributed by atoms with van der Waals surface area (Å²) in [4.78, 5) is 2.40. The maximum atomic E-state index is 6.62. The minimum absolute atomic E-state index is 0.145. The van der Waals surface area contributed by atoms with Crippen molar-refractivity contribution in [2.24, 2.45) is 0 Å². The van der Waals surface area contributed by atoms with E-state index < -0.39 is 0 Å². The Bertz CT molecular complexity index is 2900. The fourth-order valence-corrected chi connectivity index (χ4v) is 8.39. The Kier molecular flexibility index (Phi) is 6.98. The van der Waals surface area contributed by atoms with Crippen molar-refractivity contribution in [3.63, 3.8) is 0 Å². The highest BCUT2D eigenvalue weighted by Gasteiger charge is 2.26. The Morgan fingerprint density at radius 3 is 1.79 bits per heavy atom. The van der Waals surface area contributed by atoms with Crippen molar-refractivity contribution in [2.45, 2.75) is 46.0 Å². The van der Waals surface area contributed by atoms with E-state index in [4.69, 9.17) is 4.42 Å². The molecule has 256 valence electrons. The predicted octanol–water partition coefficient (Wildman–Crippen LogP) is 15.1. The van der Waals surface area contributed by atoms with Crippen LogP contribution in [0, 0.1) is 0 Å². The molecular formula is C51H41NO. The molecule has 0 saturated heterocycles. The van der Waals surface area contributed by atoms with Crippen molar-refractivity contribution in [3.8, 4) is 33.4 Å². The molecule has 1 aliphatic carbocycles. The minimum Gasteiger partial charge on any atom is -0.454 e. The van der Waals surface area contributed by atoms with Gasteiger partial charge in [-0.15, -0.1) is 0 Å². The Hall–Kier alpha value is -6.12. The van der Waals surface area contributed by atoms with Crippen molar-refractivity contribution >= 4 is 60.5 Å². The quantitative estimate of drug-likeness (QED) is 0.180. The highest BCUT2D eigenvalue weighted by molar-refractivity contribution is 6.13. The van der Waals surface area contributed by atoms with Gasteiger partial charge in [-0.3, -0.25) is 0 Å². The highest BCUT2D eigenvalue weighted by Crippen LogP contribution is 2.51. The molecule has 10 rings (SSSR count). The molecule has 8 aromatic carbocycles. The van der Waals surface area contributed by atoms with Gasteiger partial charge in [-0.1, -0.05) is 126 Å². The zero-order valence-corrected chi connectivity index (χ0v) is 30.9. The number of para-hydroxylation sites is 3. The molecule has 0 amide bonds. The Balaban J connectivity index is 1.08. The number of hydrogen-bond acceptors (Lipinski definition) is 2. The van der Waals surface area contributed by atoms with E-state index in [2.05, 4.69) is 185 Å². The average molecular weight is 684 g/mol. The van der Waals surface area contributed by atoms with Gasteiger partial charge < -0.3 is 9.32 Å². The van der Waals surface area contributed by atoms with Crippen molar-refractivity contribution in [1.29, 1.82) is 0 Å². The summed E-state index contributed by atoms with van der Waals surface area (Å²) in [7, 11) is 0. The normalized spacial score (nSPS) is 12.4. The molecule has 0 unspecified atom stereocenters. The summed E-state index contributed by atoms with van der Waals surface area (Å²) >= 11 is 0. The van der Waals surface area contributed by atoms with Crippen LogP contribution in [0.15, 0.2) is 156 Å². The molecule has 53 heavy (non-hydrogen) atoms. The average Bonchev–Trinajstić information content (AvgIpc) is 3.56. The lowest BCUT2D eigenvalue weighted by Crippen LogP contribution is -2.13. The Labute approximate surface area is 310 Å². The second kappa shape index (κ2) is 11.7. The summed E-state index contributed by atoms with van der Waals surface area (Å²) in [6, 6.07) is 56.0. The van der Waals surface area contributed by atoms with Crippen LogP contribution >= 0.6 is 0 Å². The van der Waals surface area contributed by atoms with Gasteiger partial charge in [-0.05, 0) is 138 Å². The Morgan fingerprint density at radius 1 is 0.491 bits per heavy atom. The van der Waals surface area contributed by atoms with Crippen LogP contribution in [0.25, 0.3) is 76.9 Å². The molecule has 1 heterocycles. The fourth-order valence-electron chi connectivity index (χ4n) is 8.39. The molecule has 0 spiro atoms. The highest BCUT2D eigenvalue weighted by atomic mass is 16.3. The molecule has 2 nitrogen and oxygen atoms in total. The monoisotopic (exact) mass is 683 g/mol. The molecule has 9 aromatic rings. The first-order valence-corrected chi connectivity index (χ1v) is 18.8. The summed E-state index contributed by atoms with van der Waals surface area (Å²) in [5, 5.41) is 7.28. The molecule has 0 bridgehead atoms. The van der Waals surface area contributed by atoms with Crippen LogP contribution < -0.4 is 4.90 Å². The Morgan fingerprint density at radius 2 is 1.08 bits per heavy atom. The second-order valence-electron chi connectivity index (χ2n) is 16.0. The van der Waals surface area contributed by atoms with Crippen LogP contribution in [0.3, 0.4) is 0 Å². The van der Waals surface area contributed by atoms with Crippen LogP contribution in [-0.4, -0.2) is 0 Å². The van der Waals surface area contributed by atoms with E-state index in [9.17, 15) is 0 Å². The molecular weight excluding hydrogens is 643 g/mol. The summed E-state index contributed by atoms with van der Waals surface area (Å²) < 4.78 is 6.62. The molecule has 0 aliphatic heterocycles. The lowest BCUT2D eigenvalue weighted by atomic mass is 9.77. The lowest BCUT2D eigenvalue weighted by Gasteiger charge is -2.29. The van der Waals surface area contributed by atoms with E-state index >= 15 is 0 Å². The van der Waals surface area contributed by atoms with Gasteiger partial charge in [-0.2, -0.15) is 0 Å². The zero-order chi connectivity index (χ0) is 36.0. The van der Waals surface area contributed by atoms with E-state index in [-0.39, 0.29) is 5.41 Å². The zero-order valence-electron chi connectivity index (χ0n) is 30.9. The topological polar surface area (TPSA) is 16.4 Å². The van der Waals surface area contributed by atoms with Crippen molar-refractivity contribution in [1.82, 2.24) is 0 Å². The van der Waals surface area contributed by atoms with Gasteiger partial charge in [0.2, 0.25) is 0 Å². The van der Waals surface area contributed by atoms with E-state index in [0.717, 1.165) is 33.3 Å². The number of fused-ring (bicyclic) bond motifs is 9. The predicted molar refractivity (Wildman–Crippen MR) is 226 cm³/mol. The van der Waals surface area contributed by atoms with Gasteiger partial charge >= 0.3 is 0 Å². The molecule has 0 fully saturated rings. The number of anilines is 3. The first-order valence-electron chi connectivity index (χ1n) is 18.8. The van der Waals surface area contributed by atoms with E-state index in [1.165, 1.54) is 71.7 Å². The number of furan rings is 1. The van der Waals surface area contributed by atoms with Crippen molar-refractivity contribution < 1.29 is 4.42 Å². The maximum absolute atomic E-state index is 6.62. The van der Waals surface area contributed by atoms with Crippen molar-refractivity contribution in [3.05, 3.63) is 163 Å². The number of rotatable bonds is 5. The minimum atomic E-state index is 0.145. The van der Waals surface area contributed by atoms with Gasteiger partial charge in [-0.25, -0.2) is 0 Å². The molecule has 0 radical (unpaired) electrons. The van der Waals surface area contributed by atoms with Crippen LogP contribution in [-0.2, 0) is 5.41 Å². The van der Waals surface area contributed by atoms with E-state index in [1.807, 2.05) is 6.07 Å². The second-order valence-corrected chi connectivity index (χ2v) is 16.0. The largest absolute Gasteiger partial charge is 0.454 e. The first kappa shape index (κ1) is 31.6. The third-order valence-electron chi connectivity index (χ3n) is 11.3. The number of nitrogens with zero attached hydrogens (tertiary/aromatic N) is 1. The molecule has 0 atom stereocenters. The summed E-state index contributed by atoms with van der Waals surface area (Å²) in [5.41, 5.74) is 15.7. The smallest absolute Gasteiger partial charge is 0.159 e. The molecule has 1 aromatic heterocycles. The fraction of sp³-hybridized carbons (Fsp3) is 0.137. The van der Waals surface area contributed by atoms with Crippen LogP contribution in [0.2, 0.25) is 0 Å². The molecule has 0 N–H and O–H groups in total. The first-order chi connectivity index (χ1) is 25.7. The summed E-state index contributed by atoms with van der Waals surface area (Å²) in [6.45, 7) is 11.3. The van der Waals surface area contributed by atoms with Crippen LogP contribution in [0.4, 0.5) is 17.1 Å². The van der Waals surface area contributed by atoms with Gasteiger partial charge in [0.05, 0.1) is 5.69 Å². The van der Waals surface area contributed by atoms with Crippen molar-refractivity contribution in [2.75, 3.05) is 4.90 Å².